The number of thioether (sulfide) groups is 1. The van der Waals surface area contributed by atoms with Crippen LogP contribution in [-0.2, 0) is 4.74 Å². The van der Waals surface area contributed by atoms with Gasteiger partial charge in [0.15, 0.2) is 5.11 Å². The average molecular weight is 395 g/mol. The first-order chi connectivity index (χ1) is 12.5. The standard InChI is InChI=1S/C17H15F2N3O2S2/c1-24-15(23)12-4-2-11(3-5-12)10-20-22-17(25)21-13-6-8-14(9-7-13)26-16(18)19/h2-10,16H,1H3,(H2,21,22,25)/b20-10-. The zero-order valence-electron chi connectivity index (χ0n) is 13.6. The summed E-state index contributed by atoms with van der Waals surface area (Å²) in [4.78, 5) is 11.8. The number of thiocarbonyl (C=S) groups is 1. The molecule has 0 saturated heterocycles. The molecule has 136 valence electrons. The lowest BCUT2D eigenvalue weighted by Gasteiger charge is -2.07. The number of nitrogens with zero attached hydrogens (tertiary/aromatic N) is 1. The molecule has 0 saturated carbocycles. The number of alkyl halides is 2. The van der Waals surface area contributed by atoms with Crippen molar-refractivity contribution < 1.29 is 18.3 Å². The van der Waals surface area contributed by atoms with Gasteiger partial charge in [-0.25, -0.2) is 4.79 Å². The van der Waals surface area contributed by atoms with Crippen molar-refractivity contribution in [2.75, 3.05) is 12.4 Å². The van der Waals surface area contributed by atoms with Gasteiger partial charge in [0.2, 0.25) is 0 Å². The minimum absolute atomic E-state index is 0.252. The summed E-state index contributed by atoms with van der Waals surface area (Å²) in [5, 5.41) is 7.13. The molecule has 0 aliphatic rings. The van der Waals surface area contributed by atoms with Crippen LogP contribution < -0.4 is 10.7 Å². The number of esters is 1. The molecule has 5 nitrogen and oxygen atoms in total. The van der Waals surface area contributed by atoms with Gasteiger partial charge in [-0.2, -0.15) is 13.9 Å². The van der Waals surface area contributed by atoms with Gasteiger partial charge in [-0.1, -0.05) is 23.9 Å². The monoisotopic (exact) mass is 395 g/mol. The smallest absolute Gasteiger partial charge is 0.337 e. The predicted molar refractivity (Wildman–Crippen MR) is 103 cm³/mol. The summed E-state index contributed by atoms with van der Waals surface area (Å²) in [6, 6.07) is 13.1. The van der Waals surface area contributed by atoms with Gasteiger partial charge in [0, 0.05) is 10.6 Å². The molecule has 2 aromatic carbocycles. The van der Waals surface area contributed by atoms with Crippen molar-refractivity contribution in [2.45, 2.75) is 10.7 Å². The van der Waals surface area contributed by atoms with E-state index in [1.165, 1.54) is 13.3 Å². The lowest BCUT2D eigenvalue weighted by Crippen LogP contribution is -2.23. The van der Waals surface area contributed by atoms with Gasteiger partial charge in [-0.3, -0.25) is 5.43 Å². The molecule has 0 heterocycles. The first-order valence-electron chi connectivity index (χ1n) is 7.31. The van der Waals surface area contributed by atoms with Gasteiger partial charge in [0.25, 0.3) is 5.76 Å². The Kier molecular flexibility index (Phi) is 7.49. The van der Waals surface area contributed by atoms with Crippen molar-refractivity contribution in [2.24, 2.45) is 5.10 Å². The van der Waals surface area contributed by atoms with Gasteiger partial charge < -0.3 is 10.1 Å². The molecular formula is C17H15F2N3O2S2. The van der Waals surface area contributed by atoms with E-state index >= 15 is 0 Å². The Morgan fingerprint density at radius 2 is 1.85 bits per heavy atom. The number of carbonyl (C=O) groups is 1. The maximum Gasteiger partial charge on any atom is 0.337 e. The highest BCUT2D eigenvalue weighted by Gasteiger charge is 2.05. The fourth-order valence-electron chi connectivity index (χ4n) is 1.87. The Balaban J connectivity index is 1.84. The summed E-state index contributed by atoms with van der Waals surface area (Å²) in [5.41, 5.74) is 4.51. The summed E-state index contributed by atoms with van der Waals surface area (Å²) in [5.74, 6) is -2.86. The van der Waals surface area contributed by atoms with Gasteiger partial charge in [0.05, 0.1) is 18.9 Å². The normalized spacial score (nSPS) is 10.8. The maximum absolute atomic E-state index is 12.3. The maximum atomic E-state index is 12.3. The van der Waals surface area contributed by atoms with Crippen LogP contribution in [0.25, 0.3) is 0 Å². The minimum atomic E-state index is -2.45. The van der Waals surface area contributed by atoms with E-state index in [4.69, 9.17) is 12.2 Å². The highest BCUT2D eigenvalue weighted by Crippen LogP contribution is 2.26. The van der Waals surface area contributed by atoms with Crippen LogP contribution >= 0.6 is 24.0 Å². The molecule has 0 atom stereocenters. The van der Waals surface area contributed by atoms with Crippen molar-refractivity contribution >= 4 is 47.0 Å². The number of hydrazone groups is 1. The van der Waals surface area contributed by atoms with Gasteiger partial charge in [0.1, 0.15) is 0 Å². The van der Waals surface area contributed by atoms with E-state index in [0.29, 0.717) is 27.9 Å². The summed E-state index contributed by atoms with van der Waals surface area (Å²) in [6.07, 6.45) is 1.54. The SMILES string of the molecule is COC(=O)c1ccc(/C=N\NC(=S)Nc2ccc(SC(F)F)cc2)cc1. The van der Waals surface area contributed by atoms with Crippen LogP contribution in [0.2, 0.25) is 0 Å². The van der Waals surface area contributed by atoms with E-state index in [9.17, 15) is 13.6 Å². The van der Waals surface area contributed by atoms with Crippen LogP contribution in [0.1, 0.15) is 15.9 Å². The highest BCUT2D eigenvalue weighted by atomic mass is 32.2. The molecule has 0 aliphatic heterocycles. The molecule has 2 aromatic rings. The summed E-state index contributed by atoms with van der Waals surface area (Å²) >= 11 is 5.58. The molecule has 0 unspecified atom stereocenters. The fraction of sp³-hybridized carbons (Fsp3) is 0.118. The second-order valence-electron chi connectivity index (χ2n) is 4.84. The number of ether oxygens (including phenoxy) is 1. The van der Waals surface area contributed by atoms with Gasteiger partial charge in [-0.15, -0.1) is 0 Å². The molecule has 0 spiro atoms. The molecule has 0 amide bonds. The third-order valence-corrected chi connectivity index (χ3v) is 3.96. The van der Waals surface area contributed by atoms with Crippen LogP contribution in [0, 0.1) is 0 Å². The molecule has 0 fully saturated rings. The number of rotatable bonds is 6. The lowest BCUT2D eigenvalue weighted by atomic mass is 10.1. The molecule has 0 bridgehead atoms. The molecule has 2 rings (SSSR count). The van der Waals surface area contributed by atoms with Crippen LogP contribution in [0.4, 0.5) is 14.5 Å². The fourth-order valence-corrected chi connectivity index (χ4v) is 2.54. The van der Waals surface area contributed by atoms with E-state index in [1.54, 1.807) is 48.5 Å². The molecule has 26 heavy (non-hydrogen) atoms. The number of benzene rings is 2. The number of hydrogen-bond donors (Lipinski definition) is 2. The largest absolute Gasteiger partial charge is 0.465 e. The van der Waals surface area contributed by atoms with E-state index in [1.807, 2.05) is 0 Å². The Labute approximate surface area is 158 Å². The third kappa shape index (κ3) is 6.41. The molecule has 0 aliphatic carbocycles. The number of methoxy groups -OCH3 is 1. The number of nitrogens with one attached hydrogen (secondary N) is 2. The number of carbonyl (C=O) groups excluding carboxylic acids is 1. The van der Waals surface area contributed by atoms with Crippen LogP contribution in [0.15, 0.2) is 58.5 Å². The Bertz CT molecular complexity index is 782. The van der Waals surface area contributed by atoms with E-state index in [0.717, 1.165) is 5.56 Å². The second kappa shape index (κ2) is 9.83. The van der Waals surface area contributed by atoms with E-state index in [-0.39, 0.29) is 5.11 Å². The van der Waals surface area contributed by atoms with Crippen molar-refractivity contribution in [3.63, 3.8) is 0 Å². The summed E-state index contributed by atoms with van der Waals surface area (Å²) in [7, 11) is 1.32. The Morgan fingerprint density at radius 3 is 2.42 bits per heavy atom. The number of hydrogen-bond acceptors (Lipinski definition) is 5. The molecule has 2 N–H and O–H groups in total. The Hall–Kier alpha value is -2.52. The van der Waals surface area contributed by atoms with Crippen molar-refractivity contribution in [1.29, 1.82) is 0 Å². The summed E-state index contributed by atoms with van der Waals surface area (Å²) in [6.45, 7) is 0. The van der Waals surface area contributed by atoms with Crippen LogP contribution in [0.5, 0.6) is 0 Å². The molecule has 0 radical (unpaired) electrons. The first-order valence-corrected chi connectivity index (χ1v) is 8.60. The third-order valence-electron chi connectivity index (χ3n) is 3.05. The van der Waals surface area contributed by atoms with Crippen LogP contribution in [0.3, 0.4) is 0 Å². The zero-order valence-corrected chi connectivity index (χ0v) is 15.2. The first kappa shape index (κ1) is 19.8. The van der Waals surface area contributed by atoms with Crippen LogP contribution in [-0.4, -0.2) is 30.2 Å². The van der Waals surface area contributed by atoms with Gasteiger partial charge >= 0.3 is 5.97 Å². The highest BCUT2D eigenvalue weighted by molar-refractivity contribution is 7.99. The number of anilines is 1. The number of halogens is 2. The van der Waals surface area contributed by atoms with Gasteiger partial charge in [-0.05, 0) is 54.2 Å². The molecule has 0 aromatic heterocycles. The molecule has 9 heteroatoms. The second-order valence-corrected chi connectivity index (χ2v) is 6.31. The topological polar surface area (TPSA) is 62.7 Å². The van der Waals surface area contributed by atoms with Crippen molar-refractivity contribution in [1.82, 2.24) is 5.43 Å². The van der Waals surface area contributed by atoms with Crippen molar-refractivity contribution in [3.05, 3.63) is 59.7 Å². The molecular weight excluding hydrogens is 380 g/mol. The minimum Gasteiger partial charge on any atom is -0.465 e. The summed E-state index contributed by atoms with van der Waals surface area (Å²) < 4.78 is 29.2. The average Bonchev–Trinajstić information content (AvgIpc) is 2.63. The predicted octanol–water partition coefficient (Wildman–Crippen LogP) is 4.11. The van der Waals surface area contributed by atoms with E-state index < -0.39 is 11.7 Å². The van der Waals surface area contributed by atoms with E-state index in [2.05, 4.69) is 20.6 Å². The zero-order chi connectivity index (χ0) is 18.9. The Morgan fingerprint density at radius 1 is 1.19 bits per heavy atom. The van der Waals surface area contributed by atoms with Crippen molar-refractivity contribution in [3.8, 4) is 0 Å². The quantitative estimate of drug-likeness (QED) is 0.252. The lowest BCUT2D eigenvalue weighted by molar-refractivity contribution is 0.0600.